The van der Waals surface area contributed by atoms with Gasteiger partial charge in [-0.2, -0.15) is 0 Å². The molecule has 0 fully saturated rings. The van der Waals surface area contributed by atoms with Crippen molar-refractivity contribution in [1.29, 1.82) is 0 Å². The lowest BCUT2D eigenvalue weighted by Crippen LogP contribution is -2.21. The lowest BCUT2D eigenvalue weighted by molar-refractivity contribution is 0.0954. The summed E-state index contributed by atoms with van der Waals surface area (Å²) in [5, 5.41) is 3.58. The number of nitrogens with zero attached hydrogens (tertiary/aromatic N) is 1. The van der Waals surface area contributed by atoms with E-state index in [1.165, 1.54) is 12.1 Å². The summed E-state index contributed by atoms with van der Waals surface area (Å²) < 4.78 is 16.9. The molecule has 0 saturated heterocycles. The second kappa shape index (κ2) is 4.81. The van der Waals surface area contributed by atoms with E-state index < -0.39 is 0 Å². The van der Waals surface area contributed by atoms with Gasteiger partial charge in [-0.15, -0.1) is 0 Å². The van der Waals surface area contributed by atoms with Crippen LogP contribution in [0.3, 0.4) is 0 Å². The molecule has 1 aromatic carbocycles. The normalized spacial score (nSPS) is 10.8. The van der Waals surface area contributed by atoms with Crippen LogP contribution >= 0.6 is 11.5 Å². The van der Waals surface area contributed by atoms with Crippen molar-refractivity contribution >= 4 is 28.3 Å². The zero-order chi connectivity index (χ0) is 13.2. The third kappa shape index (κ3) is 2.48. The SMILES string of the molecule is O=C(NCc1cc2cc(F)ccc2[nH]1)c1ccns1. The summed E-state index contributed by atoms with van der Waals surface area (Å²) in [4.78, 5) is 15.4. The quantitative estimate of drug-likeness (QED) is 0.772. The van der Waals surface area contributed by atoms with E-state index in [1.54, 1.807) is 18.3 Å². The fourth-order valence-corrected chi connectivity index (χ4v) is 2.37. The molecule has 0 aliphatic carbocycles. The molecule has 0 aliphatic heterocycles. The largest absolute Gasteiger partial charge is 0.357 e. The standard InChI is InChI=1S/C13H10FN3OS/c14-9-1-2-11-8(5-9)6-10(17-11)7-15-13(18)12-3-4-16-19-12/h1-6,17H,7H2,(H,15,18). The van der Waals surface area contributed by atoms with E-state index in [-0.39, 0.29) is 11.7 Å². The monoisotopic (exact) mass is 275 g/mol. The van der Waals surface area contributed by atoms with Crippen LogP contribution in [0.25, 0.3) is 10.9 Å². The number of aromatic amines is 1. The molecule has 4 nitrogen and oxygen atoms in total. The van der Waals surface area contributed by atoms with Gasteiger partial charge in [-0.1, -0.05) is 0 Å². The van der Waals surface area contributed by atoms with E-state index in [0.717, 1.165) is 28.1 Å². The minimum Gasteiger partial charge on any atom is -0.357 e. The van der Waals surface area contributed by atoms with E-state index in [4.69, 9.17) is 0 Å². The number of nitrogens with one attached hydrogen (secondary N) is 2. The second-order valence-corrected chi connectivity index (χ2v) is 4.92. The summed E-state index contributed by atoms with van der Waals surface area (Å²) in [5.41, 5.74) is 1.68. The lowest BCUT2D eigenvalue weighted by Gasteiger charge is -2.00. The van der Waals surface area contributed by atoms with Crippen LogP contribution in [0.2, 0.25) is 0 Å². The van der Waals surface area contributed by atoms with Crippen LogP contribution in [0.1, 0.15) is 15.4 Å². The van der Waals surface area contributed by atoms with Crippen molar-refractivity contribution in [2.75, 3.05) is 0 Å². The van der Waals surface area contributed by atoms with Gasteiger partial charge in [0.2, 0.25) is 0 Å². The summed E-state index contributed by atoms with van der Waals surface area (Å²) >= 11 is 1.15. The average molecular weight is 275 g/mol. The highest BCUT2D eigenvalue weighted by Crippen LogP contribution is 2.16. The first-order valence-corrected chi connectivity index (χ1v) is 6.46. The zero-order valence-electron chi connectivity index (χ0n) is 9.81. The van der Waals surface area contributed by atoms with E-state index in [0.29, 0.717) is 11.4 Å². The number of carbonyl (C=O) groups excluding carboxylic acids is 1. The fraction of sp³-hybridized carbons (Fsp3) is 0.0769. The highest BCUT2D eigenvalue weighted by atomic mass is 32.1. The number of halogens is 1. The second-order valence-electron chi connectivity index (χ2n) is 4.09. The van der Waals surface area contributed by atoms with E-state index in [9.17, 15) is 9.18 Å². The number of aromatic nitrogens is 2. The Balaban J connectivity index is 1.73. The van der Waals surface area contributed by atoms with Gasteiger partial charge in [-0.3, -0.25) is 4.79 Å². The van der Waals surface area contributed by atoms with Crippen LogP contribution in [0.4, 0.5) is 4.39 Å². The lowest BCUT2D eigenvalue weighted by atomic mass is 10.2. The van der Waals surface area contributed by atoms with Crippen molar-refractivity contribution in [2.45, 2.75) is 6.54 Å². The van der Waals surface area contributed by atoms with Gasteiger partial charge < -0.3 is 10.3 Å². The molecule has 3 aromatic rings. The fourth-order valence-electron chi connectivity index (χ4n) is 1.85. The summed E-state index contributed by atoms with van der Waals surface area (Å²) in [6, 6.07) is 8.03. The van der Waals surface area contributed by atoms with Crippen LogP contribution in [0, 0.1) is 5.82 Å². The van der Waals surface area contributed by atoms with Gasteiger partial charge in [0.05, 0.1) is 6.54 Å². The highest BCUT2D eigenvalue weighted by molar-refractivity contribution is 7.08. The Morgan fingerprint density at radius 2 is 2.26 bits per heavy atom. The van der Waals surface area contributed by atoms with Gasteiger partial charge in [0.25, 0.3) is 5.91 Å². The van der Waals surface area contributed by atoms with Gasteiger partial charge in [0, 0.05) is 22.8 Å². The van der Waals surface area contributed by atoms with Crippen molar-refractivity contribution in [3.63, 3.8) is 0 Å². The van der Waals surface area contributed by atoms with Gasteiger partial charge in [0.1, 0.15) is 10.7 Å². The maximum Gasteiger partial charge on any atom is 0.263 e. The van der Waals surface area contributed by atoms with Crippen molar-refractivity contribution in [2.24, 2.45) is 0 Å². The minimum absolute atomic E-state index is 0.160. The number of rotatable bonds is 3. The molecule has 0 radical (unpaired) electrons. The summed E-state index contributed by atoms with van der Waals surface area (Å²) in [5.74, 6) is -0.431. The number of H-pyrrole nitrogens is 1. The number of hydrogen-bond donors (Lipinski definition) is 2. The number of benzene rings is 1. The molecule has 0 spiro atoms. The van der Waals surface area contributed by atoms with Crippen LogP contribution in [0.15, 0.2) is 36.5 Å². The van der Waals surface area contributed by atoms with Crippen LogP contribution in [-0.2, 0) is 6.54 Å². The molecule has 96 valence electrons. The first-order chi connectivity index (χ1) is 9.22. The molecular formula is C13H10FN3OS. The molecule has 1 amide bonds. The Kier molecular flexibility index (Phi) is 3.00. The van der Waals surface area contributed by atoms with Crippen LogP contribution < -0.4 is 5.32 Å². The molecule has 2 aromatic heterocycles. The first kappa shape index (κ1) is 11.9. The van der Waals surface area contributed by atoms with Gasteiger partial charge in [-0.25, -0.2) is 8.76 Å². The molecule has 0 bridgehead atoms. The third-order valence-corrected chi connectivity index (χ3v) is 3.48. The molecule has 0 saturated carbocycles. The summed E-state index contributed by atoms with van der Waals surface area (Å²) in [6.07, 6.45) is 1.59. The van der Waals surface area contributed by atoms with E-state index in [1.807, 2.05) is 6.07 Å². The Labute approximate surface area is 112 Å². The molecule has 19 heavy (non-hydrogen) atoms. The minimum atomic E-state index is -0.272. The zero-order valence-corrected chi connectivity index (χ0v) is 10.6. The Bertz CT molecular complexity index is 721. The molecule has 3 rings (SSSR count). The average Bonchev–Trinajstić information content (AvgIpc) is 3.04. The highest BCUT2D eigenvalue weighted by Gasteiger charge is 2.08. The molecule has 2 N–H and O–H groups in total. The Morgan fingerprint density at radius 3 is 3.05 bits per heavy atom. The molecule has 6 heteroatoms. The first-order valence-electron chi connectivity index (χ1n) is 5.68. The summed E-state index contributed by atoms with van der Waals surface area (Å²) in [6.45, 7) is 0.368. The number of hydrogen-bond acceptors (Lipinski definition) is 3. The van der Waals surface area contributed by atoms with Crippen molar-refractivity contribution < 1.29 is 9.18 Å². The number of carbonyl (C=O) groups is 1. The topological polar surface area (TPSA) is 57.8 Å². The van der Waals surface area contributed by atoms with Crippen LogP contribution in [-0.4, -0.2) is 15.3 Å². The summed E-state index contributed by atoms with van der Waals surface area (Å²) in [7, 11) is 0. The maximum atomic E-state index is 13.1. The predicted molar refractivity (Wildman–Crippen MR) is 71.5 cm³/mol. The van der Waals surface area contributed by atoms with Gasteiger partial charge >= 0.3 is 0 Å². The molecular weight excluding hydrogens is 265 g/mol. The predicted octanol–water partition coefficient (Wildman–Crippen LogP) is 2.69. The van der Waals surface area contributed by atoms with Crippen LogP contribution in [0.5, 0.6) is 0 Å². The number of amides is 1. The maximum absolute atomic E-state index is 13.1. The van der Waals surface area contributed by atoms with Crippen molar-refractivity contribution in [3.05, 3.63) is 52.9 Å². The van der Waals surface area contributed by atoms with E-state index in [2.05, 4.69) is 14.7 Å². The van der Waals surface area contributed by atoms with Gasteiger partial charge in [0.15, 0.2) is 0 Å². The third-order valence-electron chi connectivity index (χ3n) is 2.74. The molecule has 0 aliphatic rings. The Hall–Kier alpha value is -2.21. The Morgan fingerprint density at radius 1 is 1.37 bits per heavy atom. The molecule has 0 atom stereocenters. The molecule has 2 heterocycles. The smallest absolute Gasteiger partial charge is 0.263 e. The van der Waals surface area contributed by atoms with E-state index >= 15 is 0 Å². The van der Waals surface area contributed by atoms with Gasteiger partial charge in [-0.05, 0) is 41.9 Å². The van der Waals surface area contributed by atoms with Crippen molar-refractivity contribution in [3.8, 4) is 0 Å². The van der Waals surface area contributed by atoms with Crippen molar-refractivity contribution in [1.82, 2.24) is 14.7 Å². The molecule has 0 unspecified atom stereocenters. The number of fused-ring (bicyclic) bond motifs is 1.